The summed E-state index contributed by atoms with van der Waals surface area (Å²) in [6.45, 7) is 2.78. The molecule has 0 N–H and O–H groups in total. The quantitative estimate of drug-likeness (QED) is 0.565. The average Bonchev–Trinajstić information content (AvgIpc) is 2.87. The van der Waals surface area contributed by atoms with Crippen LogP contribution in [-0.4, -0.2) is 21.7 Å². The fourth-order valence-corrected chi connectivity index (χ4v) is 3.76. The molecule has 0 spiro atoms. The Hall–Kier alpha value is -2.18. The summed E-state index contributed by atoms with van der Waals surface area (Å²) in [5.41, 5.74) is 1.67. The summed E-state index contributed by atoms with van der Waals surface area (Å²) >= 11 is 6.52. The summed E-state index contributed by atoms with van der Waals surface area (Å²) in [5.74, 6) is 0.354. The third kappa shape index (κ3) is 4.27. The van der Waals surface area contributed by atoms with Crippen molar-refractivity contribution in [3.8, 4) is 5.75 Å². The Bertz CT molecular complexity index is 834. The van der Waals surface area contributed by atoms with E-state index >= 15 is 0 Å². The predicted octanol–water partition coefficient (Wildman–Crippen LogP) is 4.63. The molecular formula is C19H16FNO2S2. The highest BCUT2D eigenvalue weighted by molar-refractivity contribution is 8.26. The van der Waals surface area contributed by atoms with Gasteiger partial charge in [0.05, 0.1) is 4.91 Å². The number of carbonyl (C=O) groups excluding carboxylic acids is 1. The van der Waals surface area contributed by atoms with Crippen LogP contribution in [0.4, 0.5) is 4.39 Å². The van der Waals surface area contributed by atoms with Gasteiger partial charge in [-0.2, -0.15) is 0 Å². The van der Waals surface area contributed by atoms with E-state index in [1.54, 1.807) is 11.0 Å². The maximum atomic E-state index is 13.1. The highest BCUT2D eigenvalue weighted by Crippen LogP contribution is 2.32. The normalized spacial score (nSPS) is 15.9. The third-order valence-corrected chi connectivity index (χ3v) is 5.04. The summed E-state index contributed by atoms with van der Waals surface area (Å²) in [6.07, 6.45) is 1.82. The Balaban J connectivity index is 1.65. The second-order valence-corrected chi connectivity index (χ2v) is 7.09. The molecule has 0 unspecified atom stereocenters. The molecule has 1 amide bonds. The number of nitrogens with zero attached hydrogens (tertiary/aromatic N) is 1. The van der Waals surface area contributed by atoms with Crippen LogP contribution in [0, 0.1) is 5.82 Å². The Morgan fingerprint density at radius 1 is 1.24 bits per heavy atom. The molecule has 1 fully saturated rings. The molecule has 3 rings (SSSR count). The molecule has 1 heterocycles. The lowest BCUT2D eigenvalue weighted by molar-refractivity contribution is -0.121. The molecule has 2 aromatic rings. The van der Waals surface area contributed by atoms with E-state index in [4.69, 9.17) is 17.0 Å². The Labute approximate surface area is 155 Å². The van der Waals surface area contributed by atoms with Gasteiger partial charge < -0.3 is 4.74 Å². The van der Waals surface area contributed by atoms with Crippen molar-refractivity contribution in [3.63, 3.8) is 0 Å². The van der Waals surface area contributed by atoms with Gasteiger partial charge >= 0.3 is 0 Å². The van der Waals surface area contributed by atoms with Crippen LogP contribution in [0.2, 0.25) is 0 Å². The number of rotatable bonds is 5. The van der Waals surface area contributed by atoms with E-state index in [1.807, 2.05) is 43.3 Å². The number of amides is 1. The molecule has 2 aromatic carbocycles. The summed E-state index contributed by atoms with van der Waals surface area (Å²) in [4.78, 5) is 14.4. The predicted molar refractivity (Wildman–Crippen MR) is 103 cm³/mol. The van der Waals surface area contributed by atoms with Gasteiger partial charge in [0.1, 0.15) is 22.5 Å². The molecule has 0 aliphatic carbocycles. The van der Waals surface area contributed by atoms with Crippen molar-refractivity contribution in [2.75, 3.05) is 6.54 Å². The van der Waals surface area contributed by atoms with Crippen molar-refractivity contribution in [3.05, 3.63) is 70.4 Å². The van der Waals surface area contributed by atoms with Crippen LogP contribution in [0.1, 0.15) is 18.1 Å². The highest BCUT2D eigenvalue weighted by Gasteiger charge is 2.30. The van der Waals surface area contributed by atoms with Crippen LogP contribution in [0.5, 0.6) is 5.75 Å². The van der Waals surface area contributed by atoms with Gasteiger partial charge in [-0.3, -0.25) is 9.69 Å². The van der Waals surface area contributed by atoms with Crippen molar-refractivity contribution >= 4 is 40.3 Å². The van der Waals surface area contributed by atoms with Crippen molar-refractivity contribution in [1.82, 2.24) is 4.90 Å². The van der Waals surface area contributed by atoms with Crippen LogP contribution in [0.25, 0.3) is 6.08 Å². The zero-order valence-electron chi connectivity index (χ0n) is 13.6. The Morgan fingerprint density at radius 2 is 2.00 bits per heavy atom. The number of likely N-dealkylation sites (N-methyl/N-ethyl adjacent to an activating group) is 1. The topological polar surface area (TPSA) is 29.5 Å². The van der Waals surface area contributed by atoms with Crippen LogP contribution in [0.3, 0.4) is 0 Å². The number of thioether (sulfide) groups is 1. The van der Waals surface area contributed by atoms with Gasteiger partial charge in [0, 0.05) is 6.54 Å². The minimum atomic E-state index is -0.277. The van der Waals surface area contributed by atoms with Gasteiger partial charge in [-0.05, 0) is 48.4 Å². The van der Waals surface area contributed by atoms with Crippen LogP contribution < -0.4 is 4.74 Å². The minimum Gasteiger partial charge on any atom is -0.489 e. The van der Waals surface area contributed by atoms with E-state index in [0.717, 1.165) is 11.1 Å². The summed E-state index contributed by atoms with van der Waals surface area (Å²) in [7, 11) is 0. The fraction of sp³-hybridized carbons (Fsp3) is 0.158. The molecule has 0 bridgehead atoms. The lowest BCUT2D eigenvalue weighted by Crippen LogP contribution is -2.27. The molecule has 0 radical (unpaired) electrons. The van der Waals surface area contributed by atoms with Gasteiger partial charge in [-0.15, -0.1) is 0 Å². The van der Waals surface area contributed by atoms with Gasteiger partial charge in [-0.1, -0.05) is 48.2 Å². The Morgan fingerprint density at radius 3 is 2.64 bits per heavy atom. The van der Waals surface area contributed by atoms with Crippen molar-refractivity contribution in [1.29, 1.82) is 0 Å². The molecule has 0 saturated carbocycles. The highest BCUT2D eigenvalue weighted by atomic mass is 32.2. The standard InChI is InChI=1S/C19H16FNO2S2/c1-2-21-18(22)17(25-19(21)24)11-13-6-8-16(9-7-13)23-12-14-4-3-5-15(20)10-14/h3-11H,2,12H2,1H3/b17-11-. The van der Waals surface area contributed by atoms with Gasteiger partial charge in [0.15, 0.2) is 0 Å². The summed E-state index contributed by atoms with van der Waals surface area (Å²) in [5, 5.41) is 0. The number of thiocarbonyl (C=S) groups is 1. The fourth-order valence-electron chi connectivity index (χ4n) is 2.38. The van der Waals surface area contributed by atoms with Crippen molar-refractivity contribution in [2.24, 2.45) is 0 Å². The number of hydrogen-bond donors (Lipinski definition) is 0. The number of benzene rings is 2. The van der Waals surface area contributed by atoms with Crippen LogP contribution in [-0.2, 0) is 11.4 Å². The van der Waals surface area contributed by atoms with Gasteiger partial charge in [0.2, 0.25) is 0 Å². The summed E-state index contributed by atoms with van der Waals surface area (Å²) < 4.78 is 19.4. The first-order chi connectivity index (χ1) is 12.1. The Kier molecular flexibility index (Phi) is 5.50. The molecule has 0 aromatic heterocycles. The van der Waals surface area contributed by atoms with E-state index in [9.17, 15) is 9.18 Å². The molecular weight excluding hydrogens is 357 g/mol. The number of hydrogen-bond acceptors (Lipinski definition) is 4. The first kappa shape index (κ1) is 17.6. The maximum Gasteiger partial charge on any atom is 0.266 e. The molecule has 3 nitrogen and oxygen atoms in total. The molecule has 6 heteroatoms. The zero-order chi connectivity index (χ0) is 17.8. The third-order valence-electron chi connectivity index (χ3n) is 3.66. The molecule has 0 atom stereocenters. The van der Waals surface area contributed by atoms with E-state index in [-0.39, 0.29) is 11.7 Å². The second kappa shape index (κ2) is 7.80. The van der Waals surface area contributed by atoms with E-state index < -0.39 is 0 Å². The molecule has 1 aliphatic rings. The number of halogens is 1. The monoisotopic (exact) mass is 373 g/mol. The van der Waals surface area contributed by atoms with E-state index in [0.29, 0.717) is 28.1 Å². The lowest BCUT2D eigenvalue weighted by atomic mass is 10.2. The molecule has 25 heavy (non-hydrogen) atoms. The largest absolute Gasteiger partial charge is 0.489 e. The van der Waals surface area contributed by atoms with Crippen LogP contribution >= 0.6 is 24.0 Å². The smallest absolute Gasteiger partial charge is 0.266 e. The second-order valence-electron chi connectivity index (χ2n) is 5.41. The summed E-state index contributed by atoms with van der Waals surface area (Å²) in [6, 6.07) is 13.7. The van der Waals surface area contributed by atoms with Crippen LogP contribution in [0.15, 0.2) is 53.4 Å². The maximum absolute atomic E-state index is 13.1. The van der Waals surface area contributed by atoms with Crippen molar-refractivity contribution < 1.29 is 13.9 Å². The zero-order valence-corrected chi connectivity index (χ0v) is 15.2. The molecule has 1 saturated heterocycles. The van der Waals surface area contributed by atoms with Crippen molar-refractivity contribution in [2.45, 2.75) is 13.5 Å². The molecule has 1 aliphatic heterocycles. The molecule has 128 valence electrons. The van der Waals surface area contributed by atoms with E-state index in [1.165, 1.54) is 23.9 Å². The van der Waals surface area contributed by atoms with Gasteiger partial charge in [-0.25, -0.2) is 4.39 Å². The minimum absolute atomic E-state index is 0.0519. The number of carbonyl (C=O) groups is 1. The van der Waals surface area contributed by atoms with E-state index in [2.05, 4.69) is 0 Å². The SMILES string of the molecule is CCN1C(=O)/C(=C/c2ccc(OCc3cccc(F)c3)cc2)SC1=S. The lowest BCUT2D eigenvalue weighted by Gasteiger charge is -2.09. The number of ether oxygens (including phenoxy) is 1. The van der Waals surface area contributed by atoms with Gasteiger partial charge in [0.25, 0.3) is 5.91 Å². The average molecular weight is 373 g/mol. The first-order valence-corrected chi connectivity index (χ1v) is 9.02. The first-order valence-electron chi connectivity index (χ1n) is 7.79.